The van der Waals surface area contributed by atoms with E-state index in [1.165, 1.54) is 13.2 Å². The van der Waals surface area contributed by atoms with Gasteiger partial charge in [-0.1, -0.05) is 19.1 Å². The van der Waals surface area contributed by atoms with Crippen molar-refractivity contribution in [3.05, 3.63) is 82.8 Å². The lowest BCUT2D eigenvalue weighted by Crippen LogP contribution is -2.17. The standard InChI is InChI=1S/C41H46N12O6/c1-7-26-36(59-23(4)45-26)40(56)49-41-48-28-19-24(37(42)54)20-32(58-17-11-14-44-5)34(28)52(41)16-10-9-15-51-35-31(57-6)21-29(38(43)55)46-33(35)25-12-13-27(47-39(25)51)30-18-22(3)50-53(30)8-2/h9-10,12-13,18-21,44H,7-8,11,14-17H2,1-6H3,(H2,42,54)(H2,43,55)(H,48,49,56)/b10-9+. The molecule has 0 bridgehead atoms. The van der Waals surface area contributed by atoms with E-state index in [1.807, 2.05) is 67.4 Å². The molecular weight excluding hydrogens is 757 g/mol. The van der Waals surface area contributed by atoms with Crippen molar-refractivity contribution in [2.75, 3.05) is 32.6 Å². The average Bonchev–Trinajstić information content (AvgIpc) is 3.98. The summed E-state index contributed by atoms with van der Waals surface area (Å²) >= 11 is 0. The number of allylic oxidation sites excluding steroid dienone is 2. The third kappa shape index (κ3) is 7.81. The van der Waals surface area contributed by atoms with Crippen LogP contribution in [-0.4, -0.2) is 83.9 Å². The van der Waals surface area contributed by atoms with E-state index in [1.54, 1.807) is 23.6 Å². The number of imidazole rings is 1. The van der Waals surface area contributed by atoms with Crippen LogP contribution in [0, 0.1) is 13.8 Å². The Morgan fingerprint density at radius 3 is 2.39 bits per heavy atom. The van der Waals surface area contributed by atoms with E-state index >= 15 is 0 Å². The van der Waals surface area contributed by atoms with Gasteiger partial charge in [-0.05, 0) is 70.6 Å². The van der Waals surface area contributed by atoms with Gasteiger partial charge >= 0.3 is 0 Å². The van der Waals surface area contributed by atoms with E-state index < -0.39 is 17.7 Å². The number of fused-ring (bicyclic) bond motifs is 4. The minimum atomic E-state index is -0.689. The number of hydrogen-bond donors (Lipinski definition) is 4. The zero-order valence-corrected chi connectivity index (χ0v) is 33.8. The normalized spacial score (nSPS) is 11.7. The fraction of sp³-hybridized carbons (Fsp3) is 0.317. The van der Waals surface area contributed by atoms with Crippen molar-refractivity contribution >= 4 is 56.8 Å². The van der Waals surface area contributed by atoms with Crippen LogP contribution in [0.3, 0.4) is 0 Å². The molecule has 0 fully saturated rings. The second-order valence-corrected chi connectivity index (χ2v) is 13.8. The van der Waals surface area contributed by atoms with Crippen LogP contribution in [0.4, 0.5) is 5.95 Å². The van der Waals surface area contributed by atoms with E-state index in [0.29, 0.717) is 101 Å². The molecule has 0 atom stereocenters. The van der Waals surface area contributed by atoms with Crippen LogP contribution in [0.5, 0.6) is 11.5 Å². The van der Waals surface area contributed by atoms with Gasteiger partial charge in [0.15, 0.2) is 5.89 Å². The number of benzene rings is 1. The number of nitrogens with one attached hydrogen (secondary N) is 2. The van der Waals surface area contributed by atoms with Gasteiger partial charge < -0.3 is 39.8 Å². The second-order valence-electron chi connectivity index (χ2n) is 13.8. The third-order valence-corrected chi connectivity index (χ3v) is 9.78. The zero-order valence-electron chi connectivity index (χ0n) is 33.8. The molecule has 3 amide bonds. The number of methoxy groups -OCH3 is 1. The summed E-state index contributed by atoms with van der Waals surface area (Å²) < 4.78 is 23.4. The number of carbonyl (C=O) groups excluding carboxylic acids is 3. The van der Waals surface area contributed by atoms with Gasteiger partial charge in [-0.2, -0.15) is 5.10 Å². The SMILES string of the molecule is CCc1nc(C)oc1C(=O)Nc1nc2cc(C(N)=O)cc(OCCCNC)c2n1C/C=C/Cn1c2nc(-c3cc(C)nn3CC)ccc2c2nc(C(N)=O)cc(OC)c21. The number of pyridine rings is 2. The molecule has 0 radical (unpaired) electrons. The molecule has 0 spiro atoms. The molecule has 7 rings (SSSR count). The summed E-state index contributed by atoms with van der Waals surface area (Å²) in [4.78, 5) is 57.3. The Hall–Kier alpha value is -7.08. The Morgan fingerprint density at radius 1 is 0.915 bits per heavy atom. The molecular formula is C41H46N12O6. The van der Waals surface area contributed by atoms with Gasteiger partial charge in [0.25, 0.3) is 11.8 Å². The molecule has 18 heteroatoms. The largest absolute Gasteiger partial charge is 0.494 e. The number of aromatic nitrogens is 8. The molecule has 6 heterocycles. The average molecular weight is 803 g/mol. The number of hydrogen-bond acceptors (Lipinski definition) is 12. The van der Waals surface area contributed by atoms with Gasteiger partial charge in [0.2, 0.25) is 17.6 Å². The summed E-state index contributed by atoms with van der Waals surface area (Å²) in [5.74, 6) is -0.468. The molecule has 0 saturated heterocycles. The van der Waals surface area contributed by atoms with Crippen LogP contribution in [-0.2, 0) is 26.1 Å². The minimum absolute atomic E-state index is 0.0595. The van der Waals surface area contributed by atoms with Crippen LogP contribution in [0.15, 0.2) is 53.0 Å². The predicted molar refractivity (Wildman–Crippen MR) is 222 cm³/mol. The smallest absolute Gasteiger partial charge is 0.295 e. The summed E-state index contributed by atoms with van der Waals surface area (Å²) in [7, 11) is 3.37. The Balaban J connectivity index is 1.33. The summed E-state index contributed by atoms with van der Waals surface area (Å²) in [5, 5.41) is 11.3. The minimum Gasteiger partial charge on any atom is -0.494 e. The van der Waals surface area contributed by atoms with Gasteiger partial charge in [-0.3, -0.25) is 24.4 Å². The molecule has 0 unspecified atom stereocenters. The maximum absolute atomic E-state index is 13.7. The lowest BCUT2D eigenvalue weighted by atomic mass is 10.1. The molecule has 59 heavy (non-hydrogen) atoms. The van der Waals surface area contributed by atoms with Crippen molar-refractivity contribution in [3.63, 3.8) is 0 Å². The maximum atomic E-state index is 13.7. The van der Waals surface area contributed by atoms with Gasteiger partial charge in [-0.25, -0.2) is 19.9 Å². The van der Waals surface area contributed by atoms with Crippen molar-refractivity contribution in [2.24, 2.45) is 11.5 Å². The van der Waals surface area contributed by atoms with Gasteiger partial charge in [-0.15, -0.1) is 0 Å². The van der Waals surface area contributed by atoms with Crippen molar-refractivity contribution in [2.45, 2.75) is 60.2 Å². The van der Waals surface area contributed by atoms with Crippen LogP contribution in [0.25, 0.3) is 44.5 Å². The number of aryl methyl sites for hydroxylation is 4. The number of rotatable bonds is 17. The Morgan fingerprint density at radius 2 is 1.69 bits per heavy atom. The summed E-state index contributed by atoms with van der Waals surface area (Å²) in [5.41, 5.74) is 17.3. The second kappa shape index (κ2) is 16.8. The molecule has 0 saturated carbocycles. The molecule has 0 aliphatic heterocycles. The molecule has 18 nitrogen and oxygen atoms in total. The molecule has 1 aromatic carbocycles. The number of ether oxygens (including phenoxy) is 2. The molecule has 6 aromatic heterocycles. The first-order valence-corrected chi connectivity index (χ1v) is 19.2. The quantitative estimate of drug-likeness (QED) is 0.0725. The molecule has 0 aliphatic carbocycles. The van der Waals surface area contributed by atoms with Crippen LogP contribution < -0.4 is 31.6 Å². The van der Waals surface area contributed by atoms with Crippen molar-refractivity contribution in [1.82, 2.24) is 44.2 Å². The topological polar surface area (TPSA) is 238 Å². The Labute approximate surface area is 338 Å². The van der Waals surface area contributed by atoms with Gasteiger partial charge in [0, 0.05) is 43.6 Å². The Kier molecular flexibility index (Phi) is 11.4. The number of anilines is 1. The number of nitrogens with two attached hydrogens (primary N) is 2. The fourth-order valence-electron chi connectivity index (χ4n) is 7.10. The highest BCUT2D eigenvalue weighted by Crippen LogP contribution is 2.36. The van der Waals surface area contributed by atoms with Crippen molar-refractivity contribution < 1.29 is 28.3 Å². The summed E-state index contributed by atoms with van der Waals surface area (Å²) in [6.45, 7) is 9.72. The first-order valence-electron chi connectivity index (χ1n) is 19.2. The predicted octanol–water partition coefficient (Wildman–Crippen LogP) is 4.69. The highest BCUT2D eigenvalue weighted by molar-refractivity contribution is 6.09. The third-order valence-electron chi connectivity index (χ3n) is 9.78. The molecule has 306 valence electrons. The number of carbonyl (C=O) groups is 3. The van der Waals surface area contributed by atoms with Crippen LogP contribution in [0.2, 0.25) is 0 Å². The maximum Gasteiger partial charge on any atom is 0.295 e. The summed E-state index contributed by atoms with van der Waals surface area (Å²) in [6.07, 6.45) is 5.02. The summed E-state index contributed by atoms with van der Waals surface area (Å²) in [6, 6.07) is 10.5. The number of primary amides is 2. The number of oxazole rings is 1. The molecule has 7 aromatic rings. The Bertz CT molecular complexity index is 2770. The first-order chi connectivity index (χ1) is 28.5. The number of nitrogens with zero attached hydrogens (tertiary/aromatic N) is 8. The fourth-order valence-corrected chi connectivity index (χ4v) is 7.10. The van der Waals surface area contributed by atoms with Crippen LogP contribution >= 0.6 is 0 Å². The van der Waals surface area contributed by atoms with Gasteiger partial charge in [0.1, 0.15) is 39.4 Å². The monoisotopic (exact) mass is 802 g/mol. The van der Waals surface area contributed by atoms with E-state index in [2.05, 4.69) is 25.7 Å². The lowest BCUT2D eigenvalue weighted by Gasteiger charge is -2.13. The first kappa shape index (κ1) is 40.1. The van der Waals surface area contributed by atoms with Gasteiger partial charge in [0.05, 0.1) is 42.0 Å². The highest BCUT2D eigenvalue weighted by atomic mass is 16.5. The van der Waals surface area contributed by atoms with Crippen molar-refractivity contribution in [1.29, 1.82) is 0 Å². The lowest BCUT2D eigenvalue weighted by molar-refractivity contribution is 0.0986. The van der Waals surface area contributed by atoms with Crippen molar-refractivity contribution in [3.8, 4) is 22.9 Å². The van der Waals surface area contributed by atoms with Crippen LogP contribution in [0.1, 0.15) is 68.9 Å². The van der Waals surface area contributed by atoms with E-state index in [9.17, 15) is 14.4 Å². The highest BCUT2D eigenvalue weighted by Gasteiger charge is 2.24. The molecule has 0 aliphatic rings. The zero-order chi connectivity index (χ0) is 42.0. The molecule has 6 N–H and O–H groups in total. The van der Waals surface area contributed by atoms with E-state index in [4.69, 9.17) is 35.3 Å². The van der Waals surface area contributed by atoms with E-state index in [0.717, 1.165) is 11.4 Å². The number of amides is 3. The van der Waals surface area contributed by atoms with E-state index in [-0.39, 0.29) is 29.5 Å².